The van der Waals surface area contributed by atoms with Crippen LogP contribution in [0.1, 0.15) is 24.8 Å². The molecule has 1 aromatic rings. The summed E-state index contributed by atoms with van der Waals surface area (Å²) in [5, 5.41) is 4.06. The summed E-state index contributed by atoms with van der Waals surface area (Å²) in [6.45, 7) is 4.68. The highest BCUT2D eigenvalue weighted by molar-refractivity contribution is 6.30. The predicted molar refractivity (Wildman–Crippen MR) is 108 cm³/mol. The van der Waals surface area contributed by atoms with E-state index in [1.54, 1.807) is 0 Å². The van der Waals surface area contributed by atoms with E-state index in [0.29, 0.717) is 43.5 Å². The van der Waals surface area contributed by atoms with Crippen molar-refractivity contribution in [2.75, 3.05) is 39.3 Å². The lowest BCUT2D eigenvalue weighted by atomic mass is 9.91. The van der Waals surface area contributed by atoms with Gasteiger partial charge in [0.05, 0.1) is 6.42 Å². The Balaban J connectivity index is 0.00000210. The monoisotopic (exact) mass is 411 g/mol. The third-order valence-corrected chi connectivity index (χ3v) is 6.55. The van der Waals surface area contributed by atoms with Gasteiger partial charge in [-0.3, -0.25) is 9.59 Å². The minimum atomic E-state index is 0. The van der Waals surface area contributed by atoms with Crippen molar-refractivity contribution < 1.29 is 9.59 Å². The van der Waals surface area contributed by atoms with Crippen LogP contribution in [0, 0.1) is 11.3 Å². The molecule has 1 N–H and O–H groups in total. The van der Waals surface area contributed by atoms with Crippen molar-refractivity contribution in [1.82, 2.24) is 15.1 Å². The average Bonchev–Trinajstić information content (AvgIpc) is 3.36. The van der Waals surface area contributed by atoms with E-state index in [0.717, 1.165) is 37.9 Å². The maximum absolute atomic E-state index is 12.8. The molecule has 5 nitrogen and oxygen atoms in total. The van der Waals surface area contributed by atoms with Gasteiger partial charge in [-0.25, -0.2) is 0 Å². The van der Waals surface area contributed by atoms with Crippen LogP contribution in [0.25, 0.3) is 0 Å². The van der Waals surface area contributed by atoms with Crippen LogP contribution in [0.5, 0.6) is 0 Å². The molecule has 0 bridgehead atoms. The summed E-state index contributed by atoms with van der Waals surface area (Å²) < 4.78 is 0. The summed E-state index contributed by atoms with van der Waals surface area (Å²) in [6, 6.07) is 7.41. The van der Waals surface area contributed by atoms with Crippen molar-refractivity contribution in [1.29, 1.82) is 0 Å². The second kappa shape index (κ2) is 8.38. The topological polar surface area (TPSA) is 52.7 Å². The Morgan fingerprint density at radius 3 is 2.26 bits per heavy atom. The average molecular weight is 412 g/mol. The molecule has 1 aromatic carbocycles. The Kier molecular flexibility index (Phi) is 6.34. The van der Waals surface area contributed by atoms with Crippen molar-refractivity contribution in [3.05, 3.63) is 34.9 Å². The number of nitrogens with zero attached hydrogens (tertiary/aromatic N) is 2. The summed E-state index contributed by atoms with van der Waals surface area (Å²) in [5.41, 5.74) is 1.26. The Hall–Kier alpha value is -1.30. The standard InChI is InChI=1S/C20H26ClN3O2.ClH/c21-16-3-1-15(2-4-16)13-18(25)23-9-11-24(12-10-23)19(26)17-14-20(17)5-7-22-8-6-20;/h1-4,17,22H,5-14H2;1H. The van der Waals surface area contributed by atoms with Gasteiger partial charge >= 0.3 is 0 Å². The first-order valence-corrected chi connectivity index (χ1v) is 9.97. The first-order chi connectivity index (χ1) is 12.6. The maximum atomic E-state index is 12.8. The molecule has 4 rings (SSSR count). The SMILES string of the molecule is Cl.O=C(Cc1ccc(Cl)cc1)N1CCN(C(=O)C2CC23CCNCC3)CC1. The third-order valence-electron chi connectivity index (χ3n) is 6.30. The molecule has 0 radical (unpaired) electrons. The molecule has 1 saturated carbocycles. The fourth-order valence-corrected chi connectivity index (χ4v) is 4.59. The van der Waals surface area contributed by atoms with E-state index in [1.165, 1.54) is 0 Å². The highest BCUT2D eigenvalue weighted by atomic mass is 35.5. The number of carbonyl (C=O) groups excluding carboxylic acids is 2. The molecule has 3 fully saturated rings. The molecule has 2 amide bonds. The molecule has 2 saturated heterocycles. The number of hydrogen-bond donors (Lipinski definition) is 1. The van der Waals surface area contributed by atoms with Gasteiger partial charge in [0.25, 0.3) is 0 Å². The molecular formula is C20H27Cl2N3O2. The van der Waals surface area contributed by atoms with E-state index in [9.17, 15) is 9.59 Å². The molecule has 1 aliphatic carbocycles. The number of nitrogens with one attached hydrogen (secondary N) is 1. The van der Waals surface area contributed by atoms with Crippen molar-refractivity contribution >= 4 is 35.8 Å². The lowest BCUT2D eigenvalue weighted by molar-refractivity contribution is -0.140. The Morgan fingerprint density at radius 2 is 1.63 bits per heavy atom. The van der Waals surface area contributed by atoms with Crippen LogP contribution in [0.15, 0.2) is 24.3 Å². The number of hydrogen-bond acceptors (Lipinski definition) is 3. The summed E-state index contributed by atoms with van der Waals surface area (Å²) >= 11 is 5.89. The van der Waals surface area contributed by atoms with E-state index in [2.05, 4.69) is 5.32 Å². The van der Waals surface area contributed by atoms with E-state index < -0.39 is 0 Å². The van der Waals surface area contributed by atoms with Crippen LogP contribution < -0.4 is 5.32 Å². The quantitative estimate of drug-likeness (QED) is 0.830. The van der Waals surface area contributed by atoms with Crippen LogP contribution in [0.2, 0.25) is 5.02 Å². The van der Waals surface area contributed by atoms with Crippen molar-refractivity contribution in [2.24, 2.45) is 11.3 Å². The zero-order valence-electron chi connectivity index (χ0n) is 15.5. The second-order valence-corrected chi connectivity index (χ2v) is 8.31. The number of carbonyl (C=O) groups is 2. The van der Waals surface area contributed by atoms with Crippen molar-refractivity contribution in [3.63, 3.8) is 0 Å². The minimum Gasteiger partial charge on any atom is -0.339 e. The Labute approximate surface area is 171 Å². The molecule has 1 atom stereocenters. The molecule has 1 spiro atoms. The first kappa shape index (κ1) is 20.4. The largest absolute Gasteiger partial charge is 0.339 e. The van der Waals surface area contributed by atoms with E-state index in [4.69, 9.17) is 11.6 Å². The van der Waals surface area contributed by atoms with Crippen LogP contribution in [0.3, 0.4) is 0 Å². The van der Waals surface area contributed by atoms with Gasteiger partial charge < -0.3 is 15.1 Å². The Morgan fingerprint density at radius 1 is 1.04 bits per heavy atom. The van der Waals surface area contributed by atoms with Gasteiger partial charge in [0.15, 0.2) is 0 Å². The van der Waals surface area contributed by atoms with Gasteiger partial charge in [-0.2, -0.15) is 0 Å². The number of amides is 2. The van der Waals surface area contributed by atoms with E-state index in [1.807, 2.05) is 34.1 Å². The molecule has 2 aliphatic heterocycles. The van der Waals surface area contributed by atoms with Gasteiger partial charge in [0.1, 0.15) is 0 Å². The van der Waals surface area contributed by atoms with Gasteiger partial charge in [-0.05, 0) is 55.5 Å². The molecular weight excluding hydrogens is 385 g/mol. The fraction of sp³-hybridized carbons (Fsp3) is 0.600. The molecule has 27 heavy (non-hydrogen) atoms. The number of benzene rings is 1. The molecule has 7 heteroatoms. The zero-order chi connectivity index (χ0) is 18.1. The summed E-state index contributed by atoms with van der Waals surface area (Å²) in [5.74, 6) is 0.665. The number of piperidine rings is 1. The van der Waals surface area contributed by atoms with E-state index >= 15 is 0 Å². The van der Waals surface area contributed by atoms with Crippen molar-refractivity contribution in [2.45, 2.75) is 25.7 Å². The second-order valence-electron chi connectivity index (χ2n) is 7.88. The first-order valence-electron chi connectivity index (χ1n) is 9.59. The third kappa shape index (κ3) is 4.41. The number of halogens is 2. The lowest BCUT2D eigenvalue weighted by Crippen LogP contribution is -2.51. The molecule has 2 heterocycles. The van der Waals surface area contributed by atoms with Crippen LogP contribution in [0.4, 0.5) is 0 Å². The summed E-state index contributed by atoms with van der Waals surface area (Å²) in [4.78, 5) is 29.2. The van der Waals surface area contributed by atoms with Gasteiger partial charge in [-0.1, -0.05) is 23.7 Å². The highest BCUT2D eigenvalue weighted by Gasteiger charge is 2.58. The fourth-order valence-electron chi connectivity index (χ4n) is 4.46. The Bertz CT molecular complexity index is 681. The highest BCUT2D eigenvalue weighted by Crippen LogP contribution is 2.59. The summed E-state index contributed by atoms with van der Waals surface area (Å²) in [7, 11) is 0. The number of piperazine rings is 1. The molecule has 1 unspecified atom stereocenters. The van der Waals surface area contributed by atoms with E-state index in [-0.39, 0.29) is 29.6 Å². The number of rotatable bonds is 3. The molecule has 3 aliphatic rings. The van der Waals surface area contributed by atoms with Gasteiger partial charge in [-0.15, -0.1) is 12.4 Å². The molecule has 0 aromatic heterocycles. The van der Waals surface area contributed by atoms with Gasteiger partial charge in [0, 0.05) is 37.1 Å². The smallest absolute Gasteiger partial charge is 0.227 e. The minimum absolute atomic E-state index is 0. The van der Waals surface area contributed by atoms with Crippen LogP contribution >= 0.6 is 24.0 Å². The maximum Gasteiger partial charge on any atom is 0.227 e. The normalized spacial score (nSPS) is 23.7. The van der Waals surface area contributed by atoms with Crippen LogP contribution in [-0.4, -0.2) is 60.9 Å². The van der Waals surface area contributed by atoms with Crippen LogP contribution in [-0.2, 0) is 16.0 Å². The predicted octanol–water partition coefficient (Wildman–Crippen LogP) is 2.36. The van der Waals surface area contributed by atoms with Gasteiger partial charge in [0.2, 0.25) is 11.8 Å². The lowest BCUT2D eigenvalue weighted by Gasteiger charge is -2.35. The summed E-state index contributed by atoms with van der Waals surface area (Å²) in [6.07, 6.45) is 3.71. The molecule has 148 valence electrons. The van der Waals surface area contributed by atoms with Crippen molar-refractivity contribution in [3.8, 4) is 0 Å². The zero-order valence-corrected chi connectivity index (χ0v) is 17.0.